The first kappa shape index (κ1) is 11.5. The van der Waals surface area contributed by atoms with Gasteiger partial charge in [0.25, 0.3) is 0 Å². The quantitative estimate of drug-likeness (QED) is 0.749. The smallest absolute Gasteiger partial charge is 0.234 e. The number of ether oxygens (including phenoxy) is 1. The molecule has 0 aromatic heterocycles. The Balaban J connectivity index is 2.79. The van der Waals surface area contributed by atoms with E-state index in [-0.39, 0.29) is 0 Å². The molecule has 0 aliphatic heterocycles. The topological polar surface area (TPSA) is 78.3 Å². The van der Waals surface area contributed by atoms with Gasteiger partial charge in [0, 0.05) is 0 Å². The standard InChI is InChI=1S/C11H16N2O2/c1-7-5-8(3-4-10(7)15-2)6-9(12)11(13)14/h3-5,9H,6,12H2,1-2H3,(H2,13,14). The highest BCUT2D eigenvalue weighted by atomic mass is 16.5. The summed E-state index contributed by atoms with van der Waals surface area (Å²) in [7, 11) is 1.62. The summed E-state index contributed by atoms with van der Waals surface area (Å²) < 4.78 is 5.13. The van der Waals surface area contributed by atoms with E-state index in [1.54, 1.807) is 7.11 Å². The van der Waals surface area contributed by atoms with Crippen molar-refractivity contribution < 1.29 is 9.53 Å². The Bertz CT molecular complexity index is 364. The summed E-state index contributed by atoms with van der Waals surface area (Å²) >= 11 is 0. The molecule has 1 rings (SSSR count). The highest BCUT2D eigenvalue weighted by molar-refractivity contribution is 5.79. The molecule has 4 heteroatoms. The molecule has 1 amide bonds. The Labute approximate surface area is 89.2 Å². The van der Waals surface area contributed by atoms with Crippen molar-refractivity contribution in [2.24, 2.45) is 11.5 Å². The number of amides is 1. The van der Waals surface area contributed by atoms with E-state index in [0.717, 1.165) is 16.9 Å². The fourth-order valence-corrected chi connectivity index (χ4v) is 1.42. The summed E-state index contributed by atoms with van der Waals surface area (Å²) in [6, 6.07) is 5.06. The average Bonchev–Trinajstić information content (AvgIpc) is 2.18. The lowest BCUT2D eigenvalue weighted by Gasteiger charge is -2.10. The molecule has 0 aliphatic carbocycles. The lowest BCUT2D eigenvalue weighted by Crippen LogP contribution is -2.38. The van der Waals surface area contributed by atoms with E-state index >= 15 is 0 Å². The van der Waals surface area contributed by atoms with Crippen LogP contribution in [-0.2, 0) is 11.2 Å². The number of primary amides is 1. The van der Waals surface area contributed by atoms with E-state index in [2.05, 4.69) is 0 Å². The second-order valence-corrected chi connectivity index (χ2v) is 3.52. The van der Waals surface area contributed by atoms with E-state index in [1.807, 2.05) is 25.1 Å². The summed E-state index contributed by atoms with van der Waals surface area (Å²) in [5.41, 5.74) is 12.7. The first-order chi connectivity index (χ1) is 7.04. The number of carbonyl (C=O) groups excluding carboxylic acids is 1. The van der Waals surface area contributed by atoms with Gasteiger partial charge >= 0.3 is 0 Å². The zero-order chi connectivity index (χ0) is 11.4. The Kier molecular flexibility index (Phi) is 3.68. The molecule has 0 saturated carbocycles. The van der Waals surface area contributed by atoms with Gasteiger partial charge in [-0.2, -0.15) is 0 Å². The highest BCUT2D eigenvalue weighted by Gasteiger charge is 2.10. The van der Waals surface area contributed by atoms with Gasteiger partial charge in [0.15, 0.2) is 0 Å². The predicted octanol–water partition coefficient (Wildman–Crippen LogP) is 0.359. The number of nitrogens with two attached hydrogens (primary N) is 2. The first-order valence-corrected chi connectivity index (χ1v) is 4.73. The van der Waals surface area contributed by atoms with Crippen LogP contribution < -0.4 is 16.2 Å². The summed E-state index contributed by atoms with van der Waals surface area (Å²) in [4.78, 5) is 10.8. The van der Waals surface area contributed by atoms with Crippen LogP contribution in [0, 0.1) is 6.92 Å². The minimum Gasteiger partial charge on any atom is -0.496 e. The van der Waals surface area contributed by atoms with Crippen LogP contribution in [0.25, 0.3) is 0 Å². The lowest BCUT2D eigenvalue weighted by atomic mass is 10.0. The van der Waals surface area contributed by atoms with Crippen molar-refractivity contribution in [3.63, 3.8) is 0 Å². The Hall–Kier alpha value is -1.55. The molecule has 0 spiro atoms. The molecule has 4 N–H and O–H groups in total. The van der Waals surface area contributed by atoms with Crippen LogP contribution in [0.3, 0.4) is 0 Å². The van der Waals surface area contributed by atoms with Gasteiger partial charge in [-0.1, -0.05) is 12.1 Å². The van der Waals surface area contributed by atoms with Gasteiger partial charge in [0.05, 0.1) is 13.2 Å². The minimum absolute atomic E-state index is 0.458. The Morgan fingerprint density at radius 3 is 2.67 bits per heavy atom. The van der Waals surface area contributed by atoms with Crippen molar-refractivity contribution in [1.29, 1.82) is 0 Å². The van der Waals surface area contributed by atoms with Crippen molar-refractivity contribution in [1.82, 2.24) is 0 Å². The van der Waals surface area contributed by atoms with Crippen LogP contribution in [0.1, 0.15) is 11.1 Å². The van der Waals surface area contributed by atoms with Crippen molar-refractivity contribution in [3.05, 3.63) is 29.3 Å². The van der Waals surface area contributed by atoms with Gasteiger partial charge in [-0.05, 0) is 30.5 Å². The molecular formula is C11H16N2O2. The molecule has 0 radical (unpaired) electrons. The van der Waals surface area contributed by atoms with E-state index < -0.39 is 11.9 Å². The van der Waals surface area contributed by atoms with Crippen LogP contribution >= 0.6 is 0 Å². The fraction of sp³-hybridized carbons (Fsp3) is 0.364. The van der Waals surface area contributed by atoms with E-state index in [1.165, 1.54) is 0 Å². The summed E-state index contributed by atoms with van der Waals surface area (Å²) in [5, 5.41) is 0. The average molecular weight is 208 g/mol. The summed E-state index contributed by atoms with van der Waals surface area (Å²) in [6.45, 7) is 1.94. The zero-order valence-corrected chi connectivity index (χ0v) is 8.99. The maximum Gasteiger partial charge on any atom is 0.234 e. The third-order valence-electron chi connectivity index (χ3n) is 2.28. The maximum atomic E-state index is 10.8. The molecule has 1 aromatic rings. The van der Waals surface area contributed by atoms with Crippen LogP contribution in [0.2, 0.25) is 0 Å². The molecular weight excluding hydrogens is 192 g/mol. The number of carbonyl (C=O) groups is 1. The molecule has 0 aliphatic rings. The summed E-state index contributed by atoms with van der Waals surface area (Å²) in [6.07, 6.45) is 0.458. The van der Waals surface area contributed by atoms with Gasteiger partial charge in [-0.3, -0.25) is 4.79 Å². The van der Waals surface area contributed by atoms with Crippen molar-refractivity contribution in [2.45, 2.75) is 19.4 Å². The third-order valence-corrected chi connectivity index (χ3v) is 2.28. The largest absolute Gasteiger partial charge is 0.496 e. The molecule has 1 unspecified atom stereocenters. The van der Waals surface area contributed by atoms with Crippen molar-refractivity contribution >= 4 is 5.91 Å². The molecule has 0 saturated heterocycles. The Morgan fingerprint density at radius 2 is 2.20 bits per heavy atom. The van der Waals surface area contributed by atoms with E-state index in [0.29, 0.717) is 6.42 Å². The molecule has 15 heavy (non-hydrogen) atoms. The van der Waals surface area contributed by atoms with Crippen molar-refractivity contribution in [3.8, 4) is 5.75 Å². The molecule has 1 atom stereocenters. The second kappa shape index (κ2) is 4.79. The second-order valence-electron chi connectivity index (χ2n) is 3.52. The molecule has 4 nitrogen and oxygen atoms in total. The fourth-order valence-electron chi connectivity index (χ4n) is 1.42. The van der Waals surface area contributed by atoms with E-state index in [9.17, 15) is 4.79 Å². The maximum absolute atomic E-state index is 10.8. The number of rotatable bonds is 4. The number of aryl methyl sites for hydroxylation is 1. The number of benzene rings is 1. The SMILES string of the molecule is COc1ccc(CC(N)C(N)=O)cc1C. The van der Waals surface area contributed by atoms with E-state index in [4.69, 9.17) is 16.2 Å². The van der Waals surface area contributed by atoms with Crippen LogP contribution in [0.4, 0.5) is 0 Å². The monoisotopic (exact) mass is 208 g/mol. The van der Waals surface area contributed by atoms with Crippen molar-refractivity contribution in [2.75, 3.05) is 7.11 Å². The van der Waals surface area contributed by atoms with Gasteiger partial charge in [-0.15, -0.1) is 0 Å². The lowest BCUT2D eigenvalue weighted by molar-refractivity contribution is -0.119. The molecule has 0 fully saturated rings. The van der Waals surface area contributed by atoms with Gasteiger partial charge < -0.3 is 16.2 Å². The van der Waals surface area contributed by atoms with Crippen LogP contribution in [0.5, 0.6) is 5.75 Å². The summed E-state index contributed by atoms with van der Waals surface area (Å²) in [5.74, 6) is 0.342. The van der Waals surface area contributed by atoms with Crippen LogP contribution in [0.15, 0.2) is 18.2 Å². The minimum atomic E-state index is -0.627. The van der Waals surface area contributed by atoms with Crippen LogP contribution in [-0.4, -0.2) is 19.1 Å². The molecule has 82 valence electrons. The normalized spacial score (nSPS) is 12.2. The van der Waals surface area contributed by atoms with Gasteiger partial charge in [0.2, 0.25) is 5.91 Å². The number of hydrogen-bond donors (Lipinski definition) is 2. The molecule has 1 aromatic carbocycles. The molecule has 0 bridgehead atoms. The third kappa shape index (κ3) is 2.95. The Morgan fingerprint density at radius 1 is 1.53 bits per heavy atom. The van der Waals surface area contributed by atoms with Gasteiger partial charge in [0.1, 0.15) is 5.75 Å². The van der Waals surface area contributed by atoms with Gasteiger partial charge in [-0.25, -0.2) is 0 Å². The number of methoxy groups -OCH3 is 1. The molecule has 0 heterocycles. The number of hydrogen-bond acceptors (Lipinski definition) is 3. The first-order valence-electron chi connectivity index (χ1n) is 4.73. The highest BCUT2D eigenvalue weighted by Crippen LogP contribution is 2.18. The zero-order valence-electron chi connectivity index (χ0n) is 8.99. The predicted molar refractivity (Wildman–Crippen MR) is 58.6 cm³/mol.